The van der Waals surface area contributed by atoms with Crippen LogP contribution in [0.1, 0.15) is 19.4 Å². The van der Waals surface area contributed by atoms with Gasteiger partial charge in [-0.3, -0.25) is 0 Å². The van der Waals surface area contributed by atoms with Crippen LogP contribution in [0.3, 0.4) is 0 Å². The molecule has 0 amide bonds. The molecule has 4 nitrogen and oxygen atoms in total. The van der Waals surface area contributed by atoms with Crippen LogP contribution >= 0.6 is 0 Å². The zero-order valence-corrected chi connectivity index (χ0v) is 11.1. The summed E-state index contributed by atoms with van der Waals surface area (Å²) in [5, 5.41) is 20.9. The molecule has 0 aliphatic rings. The number of aliphatic hydroxyl groups is 2. The number of benzene rings is 1. The first-order chi connectivity index (χ1) is 8.65. The van der Waals surface area contributed by atoms with E-state index >= 15 is 0 Å². The van der Waals surface area contributed by atoms with Gasteiger partial charge in [-0.2, -0.15) is 0 Å². The Bertz CT molecular complexity index is 320. The van der Waals surface area contributed by atoms with Gasteiger partial charge in [0.05, 0.1) is 25.4 Å². The molecule has 0 saturated carbocycles. The molecule has 0 heterocycles. The molecule has 102 valence electrons. The highest BCUT2D eigenvalue weighted by Crippen LogP contribution is 2.13. The first kappa shape index (κ1) is 15.0. The van der Waals surface area contributed by atoms with Crippen LogP contribution in [0.5, 0.6) is 5.75 Å². The van der Waals surface area contributed by atoms with Gasteiger partial charge in [0, 0.05) is 0 Å². The number of ether oxygens (including phenoxy) is 1. The Kier molecular flexibility index (Phi) is 6.72. The lowest BCUT2D eigenvalue weighted by Crippen LogP contribution is -2.36. The Hall–Kier alpha value is -1.10. The molecular formula is C14H23NO3. The molecule has 1 aromatic carbocycles. The fourth-order valence-electron chi connectivity index (χ4n) is 1.61. The first-order valence-corrected chi connectivity index (χ1v) is 6.36. The van der Waals surface area contributed by atoms with Gasteiger partial charge in [-0.25, -0.2) is 0 Å². The van der Waals surface area contributed by atoms with Gasteiger partial charge in [-0.15, -0.1) is 0 Å². The SMILES string of the molecule is CC(C)Oc1ccc(CCNC(CO)CO)cc1. The molecule has 0 atom stereocenters. The fourth-order valence-corrected chi connectivity index (χ4v) is 1.61. The first-order valence-electron chi connectivity index (χ1n) is 6.36. The average Bonchev–Trinajstić information content (AvgIpc) is 2.36. The minimum absolute atomic E-state index is 0.0440. The van der Waals surface area contributed by atoms with Gasteiger partial charge in [0.15, 0.2) is 0 Å². The summed E-state index contributed by atoms with van der Waals surface area (Å²) < 4.78 is 5.56. The average molecular weight is 253 g/mol. The Balaban J connectivity index is 2.35. The summed E-state index contributed by atoms with van der Waals surface area (Å²) in [5.41, 5.74) is 1.20. The number of rotatable bonds is 8. The smallest absolute Gasteiger partial charge is 0.119 e. The maximum Gasteiger partial charge on any atom is 0.119 e. The van der Waals surface area contributed by atoms with E-state index in [4.69, 9.17) is 14.9 Å². The van der Waals surface area contributed by atoms with Gasteiger partial charge in [0.25, 0.3) is 0 Å². The van der Waals surface area contributed by atoms with Gasteiger partial charge in [-0.05, 0) is 44.5 Å². The molecule has 0 bridgehead atoms. The van der Waals surface area contributed by atoms with E-state index < -0.39 is 0 Å². The number of hydrogen-bond donors (Lipinski definition) is 3. The summed E-state index contributed by atoms with van der Waals surface area (Å²) in [6, 6.07) is 7.77. The number of hydrogen-bond acceptors (Lipinski definition) is 4. The van der Waals surface area contributed by atoms with Gasteiger partial charge in [0.1, 0.15) is 5.75 Å². The van der Waals surface area contributed by atoms with E-state index in [9.17, 15) is 0 Å². The van der Waals surface area contributed by atoms with Crippen LogP contribution in [0.15, 0.2) is 24.3 Å². The molecule has 3 N–H and O–H groups in total. The maximum atomic E-state index is 8.90. The summed E-state index contributed by atoms with van der Waals surface area (Å²) in [6.07, 6.45) is 1.05. The largest absolute Gasteiger partial charge is 0.491 e. The zero-order chi connectivity index (χ0) is 13.4. The van der Waals surface area contributed by atoms with E-state index in [1.807, 2.05) is 38.1 Å². The Morgan fingerprint density at radius 1 is 1.11 bits per heavy atom. The van der Waals surface area contributed by atoms with Gasteiger partial charge < -0.3 is 20.3 Å². The van der Waals surface area contributed by atoms with E-state index in [1.54, 1.807) is 0 Å². The molecule has 0 aromatic heterocycles. The van der Waals surface area contributed by atoms with E-state index in [2.05, 4.69) is 5.32 Å². The third-order valence-corrected chi connectivity index (χ3v) is 2.58. The molecule has 1 aromatic rings. The normalized spacial score (nSPS) is 11.2. The van der Waals surface area contributed by atoms with Crippen LogP contribution in [0, 0.1) is 0 Å². The predicted molar refractivity (Wildman–Crippen MR) is 71.9 cm³/mol. The monoisotopic (exact) mass is 253 g/mol. The van der Waals surface area contributed by atoms with Crippen molar-refractivity contribution < 1.29 is 14.9 Å². The third kappa shape index (κ3) is 5.49. The highest BCUT2D eigenvalue weighted by molar-refractivity contribution is 5.27. The standard InChI is InChI=1S/C14H23NO3/c1-11(2)18-14-5-3-12(4-6-14)7-8-15-13(9-16)10-17/h3-6,11,13,15-17H,7-10H2,1-2H3. The summed E-state index contributed by atoms with van der Waals surface area (Å²) in [5.74, 6) is 0.880. The van der Waals surface area contributed by atoms with Crippen molar-refractivity contribution in [3.63, 3.8) is 0 Å². The van der Waals surface area contributed by atoms with Crippen LogP contribution in [0.4, 0.5) is 0 Å². The fraction of sp³-hybridized carbons (Fsp3) is 0.571. The Morgan fingerprint density at radius 2 is 1.72 bits per heavy atom. The number of nitrogens with one attached hydrogen (secondary N) is 1. The lowest BCUT2D eigenvalue weighted by atomic mass is 10.1. The summed E-state index contributed by atoms with van der Waals surface area (Å²) in [4.78, 5) is 0. The third-order valence-electron chi connectivity index (χ3n) is 2.58. The highest BCUT2D eigenvalue weighted by atomic mass is 16.5. The molecule has 4 heteroatoms. The molecule has 0 aliphatic carbocycles. The topological polar surface area (TPSA) is 61.7 Å². The van der Waals surface area contributed by atoms with Crippen molar-refractivity contribution in [2.45, 2.75) is 32.4 Å². The van der Waals surface area contributed by atoms with Gasteiger partial charge in [-0.1, -0.05) is 12.1 Å². The molecule has 0 aliphatic heterocycles. The lowest BCUT2D eigenvalue weighted by Gasteiger charge is -2.13. The second-order valence-electron chi connectivity index (χ2n) is 4.58. The molecule has 0 radical (unpaired) electrons. The molecule has 0 spiro atoms. The van der Waals surface area contributed by atoms with E-state index in [0.29, 0.717) is 0 Å². The van der Waals surface area contributed by atoms with Crippen molar-refractivity contribution in [1.82, 2.24) is 5.32 Å². The van der Waals surface area contributed by atoms with Crippen LogP contribution in [-0.4, -0.2) is 42.1 Å². The quantitative estimate of drug-likeness (QED) is 0.646. The second kappa shape index (κ2) is 8.08. The Labute approximate surface area is 109 Å². The molecule has 0 fully saturated rings. The van der Waals surface area contributed by atoms with Crippen molar-refractivity contribution in [2.24, 2.45) is 0 Å². The molecule has 0 unspecified atom stereocenters. The van der Waals surface area contributed by atoms with Crippen LogP contribution in [0.25, 0.3) is 0 Å². The number of aliphatic hydroxyl groups excluding tert-OH is 2. The predicted octanol–water partition coefficient (Wildman–Crippen LogP) is 0.959. The van der Waals surface area contributed by atoms with E-state index in [0.717, 1.165) is 18.7 Å². The molecular weight excluding hydrogens is 230 g/mol. The minimum atomic E-state index is -0.228. The van der Waals surface area contributed by atoms with Crippen molar-refractivity contribution in [3.05, 3.63) is 29.8 Å². The van der Waals surface area contributed by atoms with Crippen molar-refractivity contribution in [1.29, 1.82) is 0 Å². The van der Waals surface area contributed by atoms with Crippen LogP contribution < -0.4 is 10.1 Å². The summed E-state index contributed by atoms with van der Waals surface area (Å²) >= 11 is 0. The lowest BCUT2D eigenvalue weighted by molar-refractivity contribution is 0.171. The minimum Gasteiger partial charge on any atom is -0.491 e. The van der Waals surface area contributed by atoms with Gasteiger partial charge >= 0.3 is 0 Å². The summed E-state index contributed by atoms with van der Waals surface area (Å²) in [6.45, 7) is 4.65. The highest BCUT2D eigenvalue weighted by Gasteiger charge is 2.04. The summed E-state index contributed by atoms with van der Waals surface area (Å²) in [7, 11) is 0. The van der Waals surface area contributed by atoms with Crippen molar-refractivity contribution >= 4 is 0 Å². The van der Waals surface area contributed by atoms with E-state index in [-0.39, 0.29) is 25.4 Å². The molecule has 1 rings (SSSR count). The van der Waals surface area contributed by atoms with Gasteiger partial charge in [0.2, 0.25) is 0 Å². The van der Waals surface area contributed by atoms with Crippen molar-refractivity contribution in [2.75, 3.05) is 19.8 Å². The van der Waals surface area contributed by atoms with Crippen LogP contribution in [-0.2, 0) is 6.42 Å². The Morgan fingerprint density at radius 3 is 2.22 bits per heavy atom. The second-order valence-corrected chi connectivity index (χ2v) is 4.58. The van der Waals surface area contributed by atoms with E-state index in [1.165, 1.54) is 5.56 Å². The van der Waals surface area contributed by atoms with Crippen LogP contribution in [0.2, 0.25) is 0 Å². The zero-order valence-electron chi connectivity index (χ0n) is 11.1. The molecule has 18 heavy (non-hydrogen) atoms. The molecule has 0 saturated heterocycles. The van der Waals surface area contributed by atoms with Crippen molar-refractivity contribution in [3.8, 4) is 5.75 Å². The maximum absolute atomic E-state index is 8.90.